The number of unbranched alkanes of at least 4 members (excludes halogenated alkanes) is 1. The minimum Gasteiger partial charge on any atom is -0.480 e. The summed E-state index contributed by atoms with van der Waals surface area (Å²) in [6, 6.07) is 6.15. The summed E-state index contributed by atoms with van der Waals surface area (Å²) in [4.78, 5) is 5.94. The summed E-state index contributed by atoms with van der Waals surface area (Å²) in [5.41, 5.74) is 3.74. The van der Waals surface area contributed by atoms with Crippen molar-refractivity contribution in [1.29, 1.82) is 0 Å². The molecule has 3 nitrogen and oxygen atoms in total. The largest absolute Gasteiger partial charge is 0.480 e. The lowest BCUT2D eigenvalue weighted by molar-refractivity contribution is 0.301. The lowest BCUT2D eigenvalue weighted by atomic mass is 10.1. The van der Waals surface area contributed by atoms with Gasteiger partial charge in [-0.15, -0.1) is 6.58 Å². The molecule has 0 aliphatic rings. The number of nitrogens with zero attached hydrogens (tertiary/aromatic N) is 1. The van der Waals surface area contributed by atoms with Gasteiger partial charge in [-0.1, -0.05) is 25.5 Å². The van der Waals surface area contributed by atoms with Gasteiger partial charge in [-0.25, -0.2) is 0 Å². The molecule has 1 atom stereocenters. The average Bonchev–Trinajstić information content (AvgIpc) is 2.85. The maximum absolute atomic E-state index is 5.47. The van der Waals surface area contributed by atoms with E-state index < -0.39 is 0 Å². The third-order valence-corrected chi connectivity index (χ3v) is 4.38. The molecule has 1 heterocycles. The summed E-state index contributed by atoms with van der Waals surface area (Å²) in [5.74, 6) is 0.922. The first-order chi connectivity index (χ1) is 10.7. The molecule has 1 unspecified atom stereocenters. The molecule has 0 radical (unpaired) electrons. The Morgan fingerprint density at radius 2 is 2.18 bits per heavy atom. The highest BCUT2D eigenvalue weighted by Gasteiger charge is 2.14. The van der Waals surface area contributed by atoms with Crippen LogP contribution in [0.3, 0.4) is 0 Å². The van der Waals surface area contributed by atoms with Crippen molar-refractivity contribution >= 4 is 20.4 Å². The van der Waals surface area contributed by atoms with Gasteiger partial charge in [0.2, 0.25) is 0 Å². The van der Waals surface area contributed by atoms with Crippen LogP contribution in [0.4, 0.5) is 0 Å². The number of hydrogen-bond donors (Lipinski definition) is 1. The predicted octanol–water partition coefficient (Wildman–Crippen LogP) is 4.48. The van der Waals surface area contributed by atoms with E-state index in [1.54, 1.807) is 0 Å². The second-order valence-corrected chi connectivity index (χ2v) is 5.95. The molecule has 0 amide bonds. The maximum atomic E-state index is 5.47. The molecule has 0 fully saturated rings. The summed E-state index contributed by atoms with van der Waals surface area (Å²) in [7, 11) is 2.36. The molecule has 0 saturated carbocycles. The Labute approximate surface area is 136 Å². The summed E-state index contributed by atoms with van der Waals surface area (Å²) in [5, 5.41) is 1.21. The van der Waals surface area contributed by atoms with Crippen molar-refractivity contribution < 1.29 is 4.52 Å². The van der Waals surface area contributed by atoms with E-state index in [9.17, 15) is 0 Å². The lowest BCUT2D eigenvalue weighted by Crippen LogP contribution is -2.27. The number of H-pyrrole nitrogens is 1. The Hall–Kier alpha value is -1.31. The number of aromatic nitrogens is 1. The molecule has 120 valence electrons. The van der Waals surface area contributed by atoms with Crippen LogP contribution in [-0.4, -0.2) is 29.5 Å². The monoisotopic (exact) mass is 318 g/mol. The molecule has 0 aliphatic heterocycles. The third-order valence-electron chi connectivity index (χ3n) is 4.12. The number of nitrogens with one attached hydrogen (secondary N) is 1. The fourth-order valence-corrected chi connectivity index (χ4v) is 3.15. The standard InChI is InChI=1S/C18H27N2OP/c1-4-6-12-20(11-5-2)13-10-15-14(3)19-16-8-7-9-17(21-22)18(15)16/h5,7-9,19H,2,4,6,10-13,22H2,1,3H3. The van der Waals surface area contributed by atoms with Crippen molar-refractivity contribution in [3.05, 3.63) is 42.1 Å². The minimum absolute atomic E-state index is 0.922. The number of aromatic amines is 1. The van der Waals surface area contributed by atoms with Gasteiger partial charge in [0.25, 0.3) is 0 Å². The van der Waals surface area contributed by atoms with Crippen LogP contribution >= 0.6 is 9.47 Å². The summed E-state index contributed by atoms with van der Waals surface area (Å²) in [6.07, 6.45) is 5.48. The molecule has 0 spiro atoms. The Morgan fingerprint density at radius 3 is 2.86 bits per heavy atom. The number of fused-ring (bicyclic) bond motifs is 1. The molecule has 2 aromatic rings. The molecule has 1 aromatic heterocycles. The van der Waals surface area contributed by atoms with Crippen molar-refractivity contribution in [3.63, 3.8) is 0 Å². The third kappa shape index (κ3) is 3.91. The Kier molecular flexibility index (Phi) is 6.48. The van der Waals surface area contributed by atoms with Crippen LogP contribution in [0.2, 0.25) is 0 Å². The van der Waals surface area contributed by atoms with E-state index >= 15 is 0 Å². The highest BCUT2D eigenvalue weighted by Crippen LogP contribution is 2.32. The van der Waals surface area contributed by atoms with Gasteiger partial charge in [0, 0.05) is 29.7 Å². The van der Waals surface area contributed by atoms with Crippen molar-refractivity contribution in [2.45, 2.75) is 33.1 Å². The predicted molar refractivity (Wildman–Crippen MR) is 98.6 cm³/mol. The molecule has 2 rings (SSSR count). The zero-order valence-electron chi connectivity index (χ0n) is 13.7. The number of rotatable bonds is 9. The van der Waals surface area contributed by atoms with Gasteiger partial charge in [0.15, 0.2) is 0 Å². The second kappa shape index (κ2) is 8.36. The quantitative estimate of drug-likeness (QED) is 0.545. The van der Waals surface area contributed by atoms with Crippen molar-refractivity contribution in [2.75, 3.05) is 19.6 Å². The van der Waals surface area contributed by atoms with Gasteiger partial charge >= 0.3 is 0 Å². The molecule has 22 heavy (non-hydrogen) atoms. The van der Waals surface area contributed by atoms with E-state index in [4.69, 9.17) is 4.52 Å². The van der Waals surface area contributed by atoms with Crippen LogP contribution in [0, 0.1) is 6.92 Å². The first-order valence-electron chi connectivity index (χ1n) is 8.01. The molecule has 0 saturated heterocycles. The van der Waals surface area contributed by atoms with Gasteiger partial charge in [0.1, 0.15) is 5.75 Å². The maximum Gasteiger partial charge on any atom is 0.132 e. The highest BCUT2D eigenvalue weighted by molar-refractivity contribution is 7.10. The molecule has 0 bridgehead atoms. The zero-order chi connectivity index (χ0) is 15.9. The van der Waals surface area contributed by atoms with E-state index in [0.717, 1.165) is 37.3 Å². The second-order valence-electron chi connectivity index (χ2n) is 5.72. The first-order valence-corrected chi connectivity index (χ1v) is 8.48. The average molecular weight is 318 g/mol. The van der Waals surface area contributed by atoms with Crippen LogP contribution in [-0.2, 0) is 6.42 Å². The van der Waals surface area contributed by atoms with Crippen LogP contribution in [0.15, 0.2) is 30.9 Å². The Bertz CT molecular complexity index is 621. The van der Waals surface area contributed by atoms with E-state index in [1.807, 2.05) is 18.2 Å². The van der Waals surface area contributed by atoms with Crippen LogP contribution < -0.4 is 4.52 Å². The van der Waals surface area contributed by atoms with E-state index in [-0.39, 0.29) is 0 Å². The molecule has 0 aliphatic carbocycles. The minimum atomic E-state index is 0.922. The van der Waals surface area contributed by atoms with Crippen molar-refractivity contribution in [1.82, 2.24) is 9.88 Å². The van der Waals surface area contributed by atoms with Gasteiger partial charge in [-0.3, -0.25) is 4.90 Å². The van der Waals surface area contributed by atoms with Crippen LogP contribution in [0.5, 0.6) is 5.75 Å². The first kappa shape index (κ1) is 17.1. The molecular formula is C18H27N2OP. The Balaban J connectivity index is 2.19. The number of benzene rings is 1. The molecule has 1 N–H and O–H groups in total. The molecule has 1 aromatic carbocycles. The zero-order valence-corrected chi connectivity index (χ0v) is 14.8. The summed E-state index contributed by atoms with van der Waals surface area (Å²) < 4.78 is 5.47. The molecular weight excluding hydrogens is 291 g/mol. The van der Waals surface area contributed by atoms with E-state index in [1.165, 1.54) is 29.5 Å². The van der Waals surface area contributed by atoms with Crippen molar-refractivity contribution in [2.24, 2.45) is 0 Å². The van der Waals surface area contributed by atoms with Gasteiger partial charge in [-0.05, 0) is 44.0 Å². The van der Waals surface area contributed by atoms with Crippen LogP contribution in [0.25, 0.3) is 10.9 Å². The fraction of sp³-hybridized carbons (Fsp3) is 0.444. The fourth-order valence-electron chi connectivity index (χ4n) is 2.95. The smallest absolute Gasteiger partial charge is 0.132 e. The summed E-state index contributed by atoms with van der Waals surface area (Å²) >= 11 is 0. The molecule has 4 heteroatoms. The number of hydrogen-bond acceptors (Lipinski definition) is 2. The SMILES string of the molecule is C=CCN(CCCC)CCc1c(C)[nH]c2cccc(OP)c12. The number of aryl methyl sites for hydroxylation is 1. The Morgan fingerprint density at radius 1 is 1.36 bits per heavy atom. The van der Waals surface area contributed by atoms with Crippen molar-refractivity contribution in [3.8, 4) is 5.75 Å². The van der Waals surface area contributed by atoms with Gasteiger partial charge < -0.3 is 9.51 Å². The normalized spacial score (nSPS) is 11.3. The highest BCUT2D eigenvalue weighted by atomic mass is 31.0. The van der Waals surface area contributed by atoms with E-state index in [0.29, 0.717) is 0 Å². The van der Waals surface area contributed by atoms with Crippen LogP contribution in [0.1, 0.15) is 31.0 Å². The van der Waals surface area contributed by atoms with Gasteiger partial charge in [-0.2, -0.15) is 0 Å². The summed E-state index contributed by atoms with van der Waals surface area (Å²) in [6.45, 7) is 11.4. The topological polar surface area (TPSA) is 28.3 Å². The van der Waals surface area contributed by atoms with E-state index in [2.05, 4.69) is 45.8 Å². The lowest BCUT2D eigenvalue weighted by Gasteiger charge is -2.20. The van der Waals surface area contributed by atoms with Gasteiger partial charge in [0.05, 0.1) is 9.47 Å².